The summed E-state index contributed by atoms with van der Waals surface area (Å²) in [7, 11) is -2.88. The van der Waals surface area contributed by atoms with Gasteiger partial charge in [-0.3, -0.25) is 23.9 Å². The molecule has 0 bridgehead atoms. The van der Waals surface area contributed by atoms with Gasteiger partial charge < -0.3 is 28.7 Å². The molecule has 2 saturated carbocycles. The Hall–Kier alpha value is -4.52. The number of fused-ring (bicyclic) bond motifs is 3. The molecule has 4 heterocycles. The number of alkyl halides is 4. The average molecular weight is 923 g/mol. The first-order valence-corrected chi connectivity index (χ1v) is 23.5. The van der Waals surface area contributed by atoms with Crippen molar-refractivity contribution in [2.75, 3.05) is 51.5 Å². The number of sulfonamides is 1. The number of hydrogen-bond donors (Lipinski definition) is 1. The zero-order chi connectivity index (χ0) is 46.4. The maximum Gasteiger partial charge on any atom is 0.427 e. The molecule has 5 aliphatic rings. The second-order valence-electron chi connectivity index (χ2n) is 18.9. The molecule has 0 unspecified atom stereocenters. The van der Waals surface area contributed by atoms with Crippen LogP contribution in [0.1, 0.15) is 85.5 Å². The molecule has 2 aromatic rings. The highest BCUT2D eigenvalue weighted by Gasteiger charge is 2.63. The van der Waals surface area contributed by atoms with Crippen LogP contribution >= 0.6 is 0 Å². The minimum Gasteiger partial charge on any atom is -0.497 e. The zero-order valence-electron chi connectivity index (χ0n) is 36.9. The molecule has 0 radical (unpaired) electrons. The Kier molecular flexibility index (Phi) is 13.4. The van der Waals surface area contributed by atoms with Crippen LogP contribution < -0.4 is 19.1 Å². The number of ether oxygens (including phenoxy) is 4. The molecule has 19 heteroatoms. The van der Waals surface area contributed by atoms with Crippen LogP contribution in [0.4, 0.5) is 23.2 Å². The molecular formula is C45H58F4N4O10S. The van der Waals surface area contributed by atoms with Crippen molar-refractivity contribution < 1.29 is 64.1 Å². The molecule has 1 aromatic heterocycles. The van der Waals surface area contributed by atoms with E-state index >= 15 is 4.79 Å². The van der Waals surface area contributed by atoms with Crippen LogP contribution in [0.25, 0.3) is 10.8 Å². The first-order chi connectivity index (χ1) is 30.1. The lowest BCUT2D eigenvalue weighted by Gasteiger charge is -2.33. The number of pyridine rings is 1. The molecule has 2 amide bonds. The van der Waals surface area contributed by atoms with Gasteiger partial charge in [0.05, 0.1) is 62.5 Å². The number of allylic oxidation sites excluding steroid dienone is 2. The number of hydrogen-bond acceptors (Lipinski definition) is 12. The second kappa shape index (κ2) is 18.0. The molecule has 14 nitrogen and oxygen atoms in total. The third-order valence-electron chi connectivity index (χ3n) is 13.9. The number of morpholine rings is 1. The first kappa shape index (κ1) is 47.4. The first-order valence-electron chi connectivity index (χ1n) is 22.0. The number of nitrogens with zero attached hydrogens (tertiary/aromatic N) is 3. The third kappa shape index (κ3) is 9.56. The Bertz CT molecular complexity index is 2260. The van der Waals surface area contributed by atoms with Gasteiger partial charge in [-0.25, -0.2) is 17.8 Å². The number of rotatable bonds is 11. The Morgan fingerprint density at radius 3 is 2.44 bits per heavy atom. The molecule has 7 rings (SSSR count). The van der Waals surface area contributed by atoms with Crippen molar-refractivity contribution in [3.63, 3.8) is 0 Å². The van der Waals surface area contributed by atoms with E-state index in [9.17, 15) is 40.4 Å². The number of carbonyl (C=O) groups is 4. The third-order valence-corrected chi connectivity index (χ3v) is 16.0. The Morgan fingerprint density at radius 1 is 1.06 bits per heavy atom. The maximum absolute atomic E-state index is 15.0. The summed E-state index contributed by atoms with van der Waals surface area (Å²) in [5.41, 5.74) is -3.54. The van der Waals surface area contributed by atoms with Crippen LogP contribution in [-0.4, -0.2) is 117 Å². The number of esters is 1. The van der Waals surface area contributed by atoms with E-state index in [2.05, 4.69) is 9.62 Å². The van der Waals surface area contributed by atoms with Crippen molar-refractivity contribution in [3.8, 4) is 11.6 Å². The largest absolute Gasteiger partial charge is 0.497 e. The minimum absolute atomic E-state index is 0.0268. The van der Waals surface area contributed by atoms with Crippen molar-refractivity contribution in [1.82, 2.24) is 14.6 Å². The van der Waals surface area contributed by atoms with E-state index in [0.717, 1.165) is 24.9 Å². The summed E-state index contributed by atoms with van der Waals surface area (Å²) < 4.78 is 105. The van der Waals surface area contributed by atoms with Gasteiger partial charge >= 0.3 is 12.1 Å². The molecular weight excluding hydrogens is 865 g/mol. The lowest BCUT2D eigenvalue weighted by atomic mass is 9.82. The molecule has 2 saturated heterocycles. The standard InChI is InChI=1S/C45H58F4N4O10S/c1-27-8-6-7-9-29-22-44(29,41(57)51-64(58,59)43(26-46)12-13-43)23-37(54)35-20-31(25-53(35)40(56)33(28(2)18-27)21-38(55)63-42(3,4)45(47,48)49)62-39-32-11-10-30(60-5)19-34(32)36(24-50-39)52-14-16-61-17-15-52/h7,9-11,19,24,27-29,31,33,35H,6,8,12-18,20-23,25-26H2,1-5H3,(H,51,57)/b9-7-/t27-,28-,29-,31-,33+,35+,44-/m1/s1. The van der Waals surface area contributed by atoms with Gasteiger partial charge in [0.2, 0.25) is 33.3 Å². The number of carbonyl (C=O) groups excluding carboxylic acids is 4. The highest BCUT2D eigenvalue weighted by atomic mass is 32.2. The van der Waals surface area contributed by atoms with Crippen LogP contribution in [0.5, 0.6) is 11.6 Å². The lowest BCUT2D eigenvalue weighted by molar-refractivity contribution is -0.257. The summed E-state index contributed by atoms with van der Waals surface area (Å²) in [6.07, 6.45) is 0.117. The predicted octanol–water partition coefficient (Wildman–Crippen LogP) is 6.24. The van der Waals surface area contributed by atoms with E-state index < -0.39 is 105 Å². The number of anilines is 1. The lowest BCUT2D eigenvalue weighted by Crippen LogP contribution is -2.49. The van der Waals surface area contributed by atoms with Crippen LogP contribution in [-0.2, 0) is 38.7 Å². The van der Waals surface area contributed by atoms with Crippen LogP contribution in [0, 0.1) is 29.1 Å². The number of ketones is 1. The van der Waals surface area contributed by atoms with E-state index in [-0.39, 0.29) is 44.0 Å². The summed E-state index contributed by atoms with van der Waals surface area (Å²) in [6, 6.07) is 4.16. The topological polar surface area (TPSA) is 171 Å². The number of methoxy groups -OCH3 is 1. The fourth-order valence-electron chi connectivity index (χ4n) is 9.42. The van der Waals surface area contributed by atoms with Gasteiger partial charge in [-0.2, -0.15) is 13.2 Å². The summed E-state index contributed by atoms with van der Waals surface area (Å²) >= 11 is 0. The predicted molar refractivity (Wildman–Crippen MR) is 227 cm³/mol. The van der Waals surface area contributed by atoms with E-state index in [1.807, 2.05) is 19.1 Å². The van der Waals surface area contributed by atoms with Crippen molar-refractivity contribution in [1.29, 1.82) is 0 Å². The molecule has 352 valence electrons. The average Bonchev–Trinajstić information content (AvgIpc) is 4.15. The Labute approximate surface area is 370 Å². The van der Waals surface area contributed by atoms with Gasteiger partial charge in [0.1, 0.15) is 23.3 Å². The van der Waals surface area contributed by atoms with E-state index in [0.29, 0.717) is 56.7 Å². The maximum atomic E-state index is 15.0. The molecule has 3 aliphatic heterocycles. The monoisotopic (exact) mass is 922 g/mol. The van der Waals surface area contributed by atoms with E-state index in [1.54, 1.807) is 38.4 Å². The van der Waals surface area contributed by atoms with Gasteiger partial charge in [0.25, 0.3) is 0 Å². The Morgan fingerprint density at radius 2 is 1.78 bits per heavy atom. The zero-order valence-corrected chi connectivity index (χ0v) is 37.7. The van der Waals surface area contributed by atoms with Crippen molar-refractivity contribution in [2.24, 2.45) is 29.1 Å². The molecule has 64 heavy (non-hydrogen) atoms. The summed E-state index contributed by atoms with van der Waals surface area (Å²) in [4.78, 5) is 65.4. The molecule has 1 aromatic carbocycles. The van der Waals surface area contributed by atoms with Crippen molar-refractivity contribution in [3.05, 3.63) is 36.5 Å². The van der Waals surface area contributed by atoms with Crippen molar-refractivity contribution >= 4 is 50.1 Å². The van der Waals surface area contributed by atoms with Gasteiger partial charge in [0, 0.05) is 36.7 Å². The molecule has 1 N–H and O–H groups in total. The second-order valence-corrected chi connectivity index (χ2v) is 21.0. The number of amides is 2. The highest BCUT2D eigenvalue weighted by molar-refractivity contribution is 7.91. The van der Waals surface area contributed by atoms with Gasteiger partial charge in [-0.1, -0.05) is 26.0 Å². The quantitative estimate of drug-likeness (QED) is 0.153. The smallest absolute Gasteiger partial charge is 0.427 e. The fourth-order valence-corrected chi connectivity index (χ4v) is 10.9. The van der Waals surface area contributed by atoms with Gasteiger partial charge in [0.15, 0.2) is 5.78 Å². The number of Topliss-reactive ketones (excluding diaryl/α,β-unsaturated/α-hetero) is 1. The summed E-state index contributed by atoms with van der Waals surface area (Å²) in [5.74, 6) is -4.93. The Balaban J connectivity index is 1.24. The number of benzene rings is 1. The summed E-state index contributed by atoms with van der Waals surface area (Å²) in [5, 5.41) is 1.39. The SMILES string of the molecule is COc1ccc2c(O[C@@H]3C[C@H]4C(=O)C[C@]5(C(=O)NS(=O)(=O)C6(CF)CC6)C[C@H]5/C=C\CC[C@@H](C)C[C@@H](C)[C@H](CC(=O)OC(C)(C)C(F)(F)F)C(=O)N4C3)ncc(N3CCOCC3)c2c1. The summed E-state index contributed by atoms with van der Waals surface area (Å²) in [6.45, 7) is 6.09. The van der Waals surface area contributed by atoms with Crippen LogP contribution in [0.2, 0.25) is 0 Å². The number of nitrogens with one attached hydrogen (secondary N) is 1. The fraction of sp³-hybridized carbons (Fsp3) is 0.667. The van der Waals surface area contributed by atoms with Crippen molar-refractivity contribution in [2.45, 2.75) is 114 Å². The molecule has 4 fully saturated rings. The normalized spacial score (nSPS) is 29.5. The van der Waals surface area contributed by atoms with Crippen LogP contribution in [0.3, 0.4) is 0 Å². The molecule has 2 aliphatic carbocycles. The van der Waals surface area contributed by atoms with Crippen LogP contribution in [0.15, 0.2) is 36.5 Å². The van der Waals surface area contributed by atoms with E-state index in [1.165, 1.54) is 4.90 Å². The number of halogens is 4. The van der Waals surface area contributed by atoms with E-state index in [4.69, 9.17) is 23.9 Å². The highest BCUT2D eigenvalue weighted by Crippen LogP contribution is 2.58. The van der Waals surface area contributed by atoms with Gasteiger partial charge in [-0.15, -0.1) is 0 Å². The molecule has 7 atom stereocenters. The minimum atomic E-state index is -4.89. The molecule has 0 spiro atoms. The number of aromatic nitrogens is 1. The van der Waals surface area contributed by atoms with Gasteiger partial charge in [-0.05, 0) is 88.3 Å².